The molecular formula is C13H10BrClN2O2. The van der Waals surface area contributed by atoms with Crippen LogP contribution < -0.4 is 10.1 Å². The molecule has 98 valence electrons. The molecule has 1 amide bonds. The summed E-state index contributed by atoms with van der Waals surface area (Å²) in [7, 11) is 1.53. The smallest absolute Gasteiger partial charge is 0.274 e. The zero-order valence-corrected chi connectivity index (χ0v) is 12.3. The molecule has 6 heteroatoms. The Morgan fingerprint density at radius 1 is 1.37 bits per heavy atom. The van der Waals surface area contributed by atoms with Crippen molar-refractivity contribution in [2.45, 2.75) is 0 Å². The summed E-state index contributed by atoms with van der Waals surface area (Å²) in [5, 5.41) is 3.15. The average Bonchev–Trinajstić information content (AvgIpc) is 2.39. The second-order valence-electron chi connectivity index (χ2n) is 3.67. The number of nitrogens with zero attached hydrogens (tertiary/aromatic N) is 1. The van der Waals surface area contributed by atoms with E-state index in [9.17, 15) is 4.79 Å². The Morgan fingerprint density at radius 3 is 2.74 bits per heavy atom. The van der Waals surface area contributed by atoms with Crippen LogP contribution in [0.5, 0.6) is 5.75 Å². The molecule has 0 radical (unpaired) electrons. The van der Waals surface area contributed by atoms with Crippen molar-refractivity contribution < 1.29 is 9.53 Å². The van der Waals surface area contributed by atoms with Gasteiger partial charge >= 0.3 is 0 Å². The zero-order valence-electron chi connectivity index (χ0n) is 9.98. The number of hydrogen-bond donors (Lipinski definition) is 1. The summed E-state index contributed by atoms with van der Waals surface area (Å²) in [5.41, 5.74) is 0.913. The average molecular weight is 342 g/mol. The van der Waals surface area contributed by atoms with Crippen molar-refractivity contribution in [3.63, 3.8) is 0 Å². The van der Waals surface area contributed by atoms with Crippen LogP contribution in [0.15, 0.2) is 41.0 Å². The minimum Gasteiger partial charge on any atom is -0.495 e. The highest BCUT2D eigenvalue weighted by molar-refractivity contribution is 9.10. The summed E-state index contributed by atoms with van der Waals surface area (Å²) < 4.78 is 5.86. The number of amides is 1. The van der Waals surface area contributed by atoms with E-state index in [4.69, 9.17) is 16.3 Å². The molecule has 1 aromatic carbocycles. The standard InChI is InChI=1S/C13H10BrClN2O2/c1-19-12-5-3-9(6-10(12)15)17-13(18)11-4-2-8(14)7-16-11/h2-7H,1H3,(H,17,18). The lowest BCUT2D eigenvalue weighted by Crippen LogP contribution is -2.13. The van der Waals surface area contributed by atoms with Crippen molar-refractivity contribution in [1.82, 2.24) is 4.98 Å². The summed E-state index contributed by atoms with van der Waals surface area (Å²) in [6.07, 6.45) is 1.57. The van der Waals surface area contributed by atoms with E-state index in [1.807, 2.05) is 0 Å². The number of carbonyl (C=O) groups excluding carboxylic acids is 1. The van der Waals surface area contributed by atoms with E-state index in [0.717, 1.165) is 4.47 Å². The molecule has 2 aromatic rings. The maximum Gasteiger partial charge on any atom is 0.274 e. The van der Waals surface area contributed by atoms with Gasteiger partial charge in [-0.1, -0.05) is 11.6 Å². The van der Waals surface area contributed by atoms with Crippen LogP contribution in [0.2, 0.25) is 5.02 Å². The van der Waals surface area contributed by atoms with Gasteiger partial charge in [0.25, 0.3) is 5.91 Å². The molecule has 0 aliphatic rings. The molecule has 0 spiro atoms. The predicted octanol–water partition coefficient (Wildman–Crippen LogP) is 3.76. The zero-order chi connectivity index (χ0) is 13.8. The first-order chi connectivity index (χ1) is 9.10. The van der Waals surface area contributed by atoms with Crippen LogP contribution in [0, 0.1) is 0 Å². The van der Waals surface area contributed by atoms with Gasteiger partial charge in [0.1, 0.15) is 11.4 Å². The van der Waals surface area contributed by atoms with E-state index < -0.39 is 0 Å². The molecule has 0 unspecified atom stereocenters. The molecule has 0 fully saturated rings. The fourth-order valence-corrected chi connectivity index (χ4v) is 1.94. The molecule has 0 bridgehead atoms. The number of carbonyl (C=O) groups is 1. The Bertz CT molecular complexity index is 602. The highest BCUT2D eigenvalue weighted by Crippen LogP contribution is 2.27. The van der Waals surface area contributed by atoms with Crippen molar-refractivity contribution in [3.8, 4) is 5.75 Å². The van der Waals surface area contributed by atoms with Crippen LogP contribution in [0.4, 0.5) is 5.69 Å². The van der Waals surface area contributed by atoms with Gasteiger partial charge in [0, 0.05) is 16.4 Å². The number of pyridine rings is 1. The lowest BCUT2D eigenvalue weighted by atomic mass is 10.2. The fourth-order valence-electron chi connectivity index (χ4n) is 1.45. The molecular weight excluding hydrogens is 332 g/mol. The second kappa shape index (κ2) is 6.04. The summed E-state index contributed by atoms with van der Waals surface area (Å²) >= 11 is 9.24. The number of aromatic nitrogens is 1. The Morgan fingerprint density at radius 2 is 2.16 bits per heavy atom. The minimum absolute atomic E-state index is 0.297. The number of halogens is 2. The van der Waals surface area contributed by atoms with Gasteiger partial charge < -0.3 is 10.1 Å². The molecule has 1 aromatic heterocycles. The van der Waals surface area contributed by atoms with Gasteiger partial charge in [0.2, 0.25) is 0 Å². The van der Waals surface area contributed by atoms with Crippen molar-refractivity contribution in [2.75, 3.05) is 12.4 Å². The first-order valence-corrected chi connectivity index (χ1v) is 6.53. The van der Waals surface area contributed by atoms with E-state index >= 15 is 0 Å². The lowest BCUT2D eigenvalue weighted by Gasteiger charge is -2.07. The van der Waals surface area contributed by atoms with E-state index in [0.29, 0.717) is 22.2 Å². The molecule has 2 rings (SSSR count). The molecule has 0 aliphatic carbocycles. The molecule has 0 atom stereocenters. The third-order valence-corrected chi connectivity index (χ3v) is 3.13. The largest absolute Gasteiger partial charge is 0.495 e. The predicted molar refractivity (Wildman–Crippen MR) is 77.9 cm³/mol. The highest BCUT2D eigenvalue weighted by Gasteiger charge is 2.09. The molecule has 0 saturated carbocycles. The summed E-state index contributed by atoms with van der Waals surface area (Å²) in [6, 6.07) is 8.40. The van der Waals surface area contributed by atoms with Gasteiger partial charge in [-0.2, -0.15) is 0 Å². The normalized spacial score (nSPS) is 10.1. The summed E-state index contributed by atoms with van der Waals surface area (Å²) in [6.45, 7) is 0. The fraction of sp³-hybridized carbons (Fsp3) is 0.0769. The molecule has 19 heavy (non-hydrogen) atoms. The number of rotatable bonds is 3. The topological polar surface area (TPSA) is 51.2 Å². The number of nitrogens with one attached hydrogen (secondary N) is 1. The monoisotopic (exact) mass is 340 g/mol. The quantitative estimate of drug-likeness (QED) is 0.925. The van der Waals surface area contributed by atoms with Crippen LogP contribution >= 0.6 is 27.5 Å². The van der Waals surface area contributed by atoms with Gasteiger partial charge in [0.05, 0.1) is 12.1 Å². The maximum atomic E-state index is 11.9. The van der Waals surface area contributed by atoms with Gasteiger partial charge in [-0.15, -0.1) is 0 Å². The molecule has 1 heterocycles. The first-order valence-electron chi connectivity index (χ1n) is 5.36. The molecule has 0 saturated heterocycles. The van der Waals surface area contributed by atoms with E-state index in [-0.39, 0.29) is 5.91 Å². The third kappa shape index (κ3) is 3.45. The lowest BCUT2D eigenvalue weighted by molar-refractivity contribution is 0.102. The Kier molecular flexibility index (Phi) is 4.39. The van der Waals surface area contributed by atoms with Crippen LogP contribution in [-0.4, -0.2) is 18.0 Å². The van der Waals surface area contributed by atoms with Gasteiger partial charge in [0.15, 0.2) is 0 Å². The van der Waals surface area contributed by atoms with Crippen molar-refractivity contribution in [2.24, 2.45) is 0 Å². The SMILES string of the molecule is COc1ccc(NC(=O)c2ccc(Br)cn2)cc1Cl. The van der Waals surface area contributed by atoms with Gasteiger partial charge in [-0.05, 0) is 46.3 Å². The van der Waals surface area contributed by atoms with E-state index in [1.54, 1.807) is 36.5 Å². The van der Waals surface area contributed by atoms with Crippen LogP contribution in [-0.2, 0) is 0 Å². The van der Waals surface area contributed by atoms with Crippen LogP contribution in [0.3, 0.4) is 0 Å². The van der Waals surface area contributed by atoms with Crippen LogP contribution in [0.25, 0.3) is 0 Å². The van der Waals surface area contributed by atoms with Gasteiger partial charge in [-0.3, -0.25) is 4.79 Å². The number of methoxy groups -OCH3 is 1. The maximum absolute atomic E-state index is 11.9. The number of benzene rings is 1. The summed E-state index contributed by atoms with van der Waals surface area (Å²) in [4.78, 5) is 15.9. The Hall–Kier alpha value is -1.59. The van der Waals surface area contributed by atoms with E-state index in [1.165, 1.54) is 7.11 Å². The van der Waals surface area contributed by atoms with Crippen molar-refractivity contribution in [3.05, 3.63) is 51.7 Å². The van der Waals surface area contributed by atoms with Gasteiger partial charge in [-0.25, -0.2) is 4.98 Å². The van der Waals surface area contributed by atoms with E-state index in [2.05, 4.69) is 26.2 Å². The Balaban J connectivity index is 2.14. The molecule has 1 N–H and O–H groups in total. The minimum atomic E-state index is -0.297. The number of hydrogen-bond acceptors (Lipinski definition) is 3. The number of ether oxygens (including phenoxy) is 1. The summed E-state index contributed by atoms with van der Waals surface area (Å²) in [5.74, 6) is 0.259. The molecule has 0 aliphatic heterocycles. The highest BCUT2D eigenvalue weighted by atomic mass is 79.9. The number of anilines is 1. The van der Waals surface area contributed by atoms with Crippen molar-refractivity contribution >= 4 is 39.1 Å². The van der Waals surface area contributed by atoms with Crippen LogP contribution in [0.1, 0.15) is 10.5 Å². The van der Waals surface area contributed by atoms with Crippen molar-refractivity contribution in [1.29, 1.82) is 0 Å². The third-order valence-electron chi connectivity index (χ3n) is 2.37. The molecule has 4 nitrogen and oxygen atoms in total. The first kappa shape index (κ1) is 13.8. The Labute approximate surface area is 123 Å². The second-order valence-corrected chi connectivity index (χ2v) is 4.99.